The van der Waals surface area contributed by atoms with Gasteiger partial charge in [0.1, 0.15) is 5.82 Å². The molecule has 0 aromatic heterocycles. The Hall–Kier alpha value is -2.20. The molecule has 0 aliphatic rings. The van der Waals surface area contributed by atoms with Crippen molar-refractivity contribution in [2.24, 2.45) is 4.99 Å². The Bertz CT molecular complexity index is 904. The monoisotopic (exact) mass is 555 g/mol. The van der Waals surface area contributed by atoms with Crippen LogP contribution in [0.1, 0.15) is 46.9 Å². The predicted octanol–water partition coefficient (Wildman–Crippen LogP) is 3.86. The number of likely N-dealkylation sites (N-methyl/N-ethyl adjacent to an activating group) is 1. The molecule has 2 aromatic carbocycles. The zero-order chi connectivity index (χ0) is 22.8. The van der Waals surface area contributed by atoms with E-state index in [1.54, 1.807) is 25.1 Å². The van der Waals surface area contributed by atoms with Gasteiger partial charge in [-0.05, 0) is 69.8 Å². The highest BCUT2D eigenvalue weighted by molar-refractivity contribution is 14.0. The predicted molar refractivity (Wildman–Crippen MR) is 140 cm³/mol. The zero-order valence-electron chi connectivity index (χ0n) is 19.5. The molecule has 32 heavy (non-hydrogen) atoms. The SMILES string of the molecule is CCNC(=NCc1cccc(C(=O)NCCN(C)C)c1)NC(C)c1ccc(C)c(F)c1.I. The Balaban J connectivity index is 0.00000512. The first-order valence-electron chi connectivity index (χ1n) is 10.6. The number of nitrogens with one attached hydrogen (secondary N) is 3. The molecule has 0 saturated heterocycles. The Morgan fingerprint density at radius 1 is 1.16 bits per heavy atom. The molecule has 0 radical (unpaired) electrons. The Labute approximate surface area is 208 Å². The Morgan fingerprint density at radius 2 is 1.91 bits per heavy atom. The molecule has 0 heterocycles. The first kappa shape index (κ1) is 27.8. The highest BCUT2D eigenvalue weighted by Gasteiger charge is 2.10. The molecule has 3 N–H and O–H groups in total. The molecule has 0 bridgehead atoms. The highest BCUT2D eigenvalue weighted by atomic mass is 127. The van der Waals surface area contributed by atoms with Crippen LogP contribution in [0.4, 0.5) is 4.39 Å². The van der Waals surface area contributed by atoms with Gasteiger partial charge in [0.05, 0.1) is 12.6 Å². The lowest BCUT2D eigenvalue weighted by Gasteiger charge is -2.18. The number of amides is 1. The third-order valence-electron chi connectivity index (χ3n) is 4.85. The van der Waals surface area contributed by atoms with Crippen molar-refractivity contribution in [3.8, 4) is 0 Å². The minimum absolute atomic E-state index is 0. The lowest BCUT2D eigenvalue weighted by atomic mass is 10.1. The molecule has 6 nitrogen and oxygen atoms in total. The van der Waals surface area contributed by atoms with E-state index in [-0.39, 0.29) is 41.7 Å². The number of carbonyl (C=O) groups excluding carboxylic acids is 1. The number of guanidine groups is 1. The van der Waals surface area contributed by atoms with Gasteiger partial charge >= 0.3 is 0 Å². The van der Waals surface area contributed by atoms with Crippen LogP contribution in [0, 0.1) is 12.7 Å². The van der Waals surface area contributed by atoms with Gasteiger partial charge in [-0.15, -0.1) is 24.0 Å². The summed E-state index contributed by atoms with van der Waals surface area (Å²) in [6.07, 6.45) is 0. The van der Waals surface area contributed by atoms with E-state index in [2.05, 4.69) is 20.9 Å². The molecule has 8 heteroatoms. The second-order valence-electron chi connectivity index (χ2n) is 7.83. The van der Waals surface area contributed by atoms with E-state index >= 15 is 0 Å². The molecule has 2 rings (SSSR count). The number of halogens is 2. The minimum Gasteiger partial charge on any atom is -0.357 e. The lowest BCUT2D eigenvalue weighted by Crippen LogP contribution is -2.38. The van der Waals surface area contributed by atoms with Crippen LogP contribution in [0.2, 0.25) is 0 Å². The molecule has 2 aromatic rings. The van der Waals surface area contributed by atoms with Gasteiger partial charge < -0.3 is 20.9 Å². The summed E-state index contributed by atoms with van der Waals surface area (Å²) in [5, 5.41) is 9.46. The van der Waals surface area contributed by atoms with E-state index in [4.69, 9.17) is 0 Å². The summed E-state index contributed by atoms with van der Waals surface area (Å²) >= 11 is 0. The largest absolute Gasteiger partial charge is 0.357 e. The van der Waals surface area contributed by atoms with Gasteiger partial charge in [-0.3, -0.25) is 4.79 Å². The molecule has 0 spiro atoms. The maximum Gasteiger partial charge on any atom is 0.251 e. The average molecular weight is 555 g/mol. The summed E-state index contributed by atoms with van der Waals surface area (Å²) in [6.45, 7) is 8.22. The lowest BCUT2D eigenvalue weighted by molar-refractivity contribution is 0.0951. The second kappa shape index (κ2) is 14.1. The summed E-state index contributed by atoms with van der Waals surface area (Å²) in [5.74, 6) is 0.332. The summed E-state index contributed by atoms with van der Waals surface area (Å²) < 4.78 is 13.9. The van der Waals surface area contributed by atoms with Crippen LogP contribution < -0.4 is 16.0 Å². The third-order valence-corrected chi connectivity index (χ3v) is 4.85. The summed E-state index contributed by atoms with van der Waals surface area (Å²) in [6, 6.07) is 12.6. The van der Waals surface area contributed by atoms with Gasteiger partial charge in [0, 0.05) is 25.2 Å². The van der Waals surface area contributed by atoms with Gasteiger partial charge in [0.2, 0.25) is 0 Å². The molecule has 0 saturated carbocycles. The van der Waals surface area contributed by atoms with Crippen molar-refractivity contribution in [1.29, 1.82) is 0 Å². The van der Waals surface area contributed by atoms with Crippen LogP contribution in [0.25, 0.3) is 0 Å². The minimum atomic E-state index is -0.214. The van der Waals surface area contributed by atoms with Crippen molar-refractivity contribution in [2.45, 2.75) is 33.4 Å². The van der Waals surface area contributed by atoms with Crippen molar-refractivity contribution in [1.82, 2.24) is 20.9 Å². The van der Waals surface area contributed by atoms with E-state index in [9.17, 15) is 9.18 Å². The van der Waals surface area contributed by atoms with Crippen molar-refractivity contribution >= 4 is 35.8 Å². The molecule has 1 unspecified atom stereocenters. The molecule has 0 aliphatic carbocycles. The number of nitrogens with zero attached hydrogens (tertiary/aromatic N) is 2. The smallest absolute Gasteiger partial charge is 0.251 e. The topological polar surface area (TPSA) is 68.8 Å². The first-order valence-corrected chi connectivity index (χ1v) is 10.6. The maximum absolute atomic E-state index is 13.9. The molecular formula is C24H35FIN5O. The fourth-order valence-corrected chi connectivity index (χ4v) is 2.96. The Kier molecular flexibility index (Phi) is 12.2. The highest BCUT2D eigenvalue weighted by Crippen LogP contribution is 2.16. The molecular weight excluding hydrogens is 520 g/mol. The van der Waals surface area contributed by atoms with Gasteiger partial charge in [-0.2, -0.15) is 0 Å². The van der Waals surface area contributed by atoms with E-state index in [1.165, 1.54) is 0 Å². The number of rotatable bonds is 9. The van der Waals surface area contributed by atoms with Crippen molar-refractivity contribution in [3.05, 3.63) is 70.5 Å². The van der Waals surface area contributed by atoms with Crippen LogP contribution in [-0.2, 0) is 6.54 Å². The number of aliphatic imine (C=N–C) groups is 1. The van der Waals surface area contributed by atoms with Crippen molar-refractivity contribution in [2.75, 3.05) is 33.7 Å². The summed E-state index contributed by atoms with van der Waals surface area (Å²) in [7, 11) is 3.94. The number of aryl methyl sites for hydroxylation is 1. The van der Waals surface area contributed by atoms with Crippen LogP contribution in [0.3, 0.4) is 0 Å². The number of benzene rings is 2. The van der Waals surface area contributed by atoms with E-state index in [0.29, 0.717) is 36.7 Å². The molecule has 1 amide bonds. The Morgan fingerprint density at radius 3 is 2.56 bits per heavy atom. The van der Waals surface area contributed by atoms with Crippen molar-refractivity contribution in [3.63, 3.8) is 0 Å². The van der Waals surface area contributed by atoms with Crippen LogP contribution in [0.5, 0.6) is 0 Å². The fraction of sp³-hybridized carbons (Fsp3) is 0.417. The standard InChI is InChI=1S/C24H34FN5O.HI/c1-6-26-24(29-18(3)20-11-10-17(2)22(25)15-20)28-16-19-8-7-9-21(14-19)23(31)27-12-13-30(4)5;/h7-11,14-15,18H,6,12-13,16H2,1-5H3,(H,27,31)(H2,26,28,29);1H. The van der Waals surface area contributed by atoms with Crippen LogP contribution >= 0.6 is 24.0 Å². The third kappa shape index (κ3) is 9.12. The van der Waals surface area contributed by atoms with Crippen LogP contribution in [-0.4, -0.2) is 50.5 Å². The van der Waals surface area contributed by atoms with Gasteiger partial charge in [0.25, 0.3) is 5.91 Å². The normalized spacial score (nSPS) is 12.2. The van der Waals surface area contributed by atoms with Gasteiger partial charge in [-0.1, -0.05) is 24.3 Å². The van der Waals surface area contributed by atoms with Gasteiger partial charge in [0.15, 0.2) is 5.96 Å². The quantitative estimate of drug-likeness (QED) is 0.250. The average Bonchev–Trinajstić information content (AvgIpc) is 2.74. The second-order valence-corrected chi connectivity index (χ2v) is 7.83. The zero-order valence-corrected chi connectivity index (χ0v) is 21.9. The molecule has 0 fully saturated rings. The van der Waals surface area contributed by atoms with Crippen molar-refractivity contribution < 1.29 is 9.18 Å². The summed E-state index contributed by atoms with van der Waals surface area (Å²) in [4.78, 5) is 19.0. The fourth-order valence-electron chi connectivity index (χ4n) is 2.96. The first-order chi connectivity index (χ1) is 14.8. The van der Waals surface area contributed by atoms with E-state index in [1.807, 2.05) is 57.1 Å². The van der Waals surface area contributed by atoms with E-state index < -0.39 is 0 Å². The maximum atomic E-state index is 13.9. The molecule has 0 aliphatic heterocycles. The van der Waals surface area contributed by atoms with Crippen LogP contribution in [0.15, 0.2) is 47.5 Å². The summed E-state index contributed by atoms with van der Waals surface area (Å²) in [5.41, 5.74) is 3.03. The number of hydrogen-bond acceptors (Lipinski definition) is 3. The van der Waals surface area contributed by atoms with Gasteiger partial charge in [-0.25, -0.2) is 9.38 Å². The number of hydrogen-bond donors (Lipinski definition) is 3. The molecule has 1 atom stereocenters. The molecule has 176 valence electrons. The van der Waals surface area contributed by atoms with E-state index in [0.717, 1.165) is 17.7 Å². The number of carbonyl (C=O) groups is 1.